The maximum Gasteiger partial charge on any atom is 0.343 e. The third-order valence-corrected chi connectivity index (χ3v) is 7.86. The Morgan fingerprint density at radius 3 is 2.71 bits per heavy atom. The number of hydrogen-bond acceptors (Lipinski definition) is 8. The summed E-state index contributed by atoms with van der Waals surface area (Å²) in [6, 6.07) is 8.06. The van der Waals surface area contributed by atoms with Crippen LogP contribution in [0.4, 0.5) is 5.82 Å². The van der Waals surface area contributed by atoms with Gasteiger partial charge in [0.05, 0.1) is 23.4 Å². The second kappa shape index (κ2) is 10.7. The maximum atomic E-state index is 13.2. The number of esters is 1. The minimum Gasteiger partial charge on any atom is -0.462 e. The van der Waals surface area contributed by atoms with Gasteiger partial charge in [-0.1, -0.05) is 46.7 Å². The molecule has 34 heavy (non-hydrogen) atoms. The highest BCUT2D eigenvalue weighted by Crippen LogP contribution is 2.40. The summed E-state index contributed by atoms with van der Waals surface area (Å²) in [5.74, 6) is -0.461. The average molecular weight is 560 g/mol. The molecular weight excluding hydrogens is 538 g/mol. The van der Waals surface area contributed by atoms with Crippen LogP contribution in [0, 0.1) is 0 Å². The molecule has 0 fully saturated rings. The van der Waals surface area contributed by atoms with Crippen LogP contribution in [0.2, 0.25) is 0 Å². The molecule has 0 saturated carbocycles. The molecule has 1 amide bonds. The van der Waals surface area contributed by atoms with Gasteiger partial charge in [-0.25, -0.2) is 14.8 Å². The molecule has 0 radical (unpaired) electrons. The second-order valence-electron chi connectivity index (χ2n) is 7.27. The van der Waals surface area contributed by atoms with E-state index >= 15 is 0 Å². The number of fused-ring (bicyclic) bond motifs is 1. The molecule has 11 heteroatoms. The topological polar surface area (TPSA) is 99.0 Å². The Balaban J connectivity index is 1.62. The molecule has 176 valence electrons. The molecular formula is C23H22BrN5O3S2. The number of benzene rings is 1. The summed E-state index contributed by atoms with van der Waals surface area (Å²) < 4.78 is 7.54. The van der Waals surface area contributed by atoms with Crippen LogP contribution in [0.3, 0.4) is 0 Å². The third kappa shape index (κ3) is 5.01. The number of thioether (sulfide) groups is 1. The van der Waals surface area contributed by atoms with Crippen molar-refractivity contribution in [3.05, 3.63) is 52.2 Å². The van der Waals surface area contributed by atoms with Gasteiger partial charge in [0.2, 0.25) is 5.91 Å². The van der Waals surface area contributed by atoms with E-state index in [1.807, 2.05) is 31.2 Å². The number of hydrogen-bond donors (Lipinski definition) is 1. The minimum absolute atomic E-state index is 0.220. The normalized spacial score (nSPS) is 12.0. The smallest absolute Gasteiger partial charge is 0.343 e. The van der Waals surface area contributed by atoms with E-state index in [9.17, 15) is 9.59 Å². The number of rotatable bonds is 8. The van der Waals surface area contributed by atoms with Crippen molar-refractivity contribution >= 4 is 66.9 Å². The molecule has 0 aliphatic carbocycles. The van der Waals surface area contributed by atoms with Crippen molar-refractivity contribution in [3.8, 4) is 11.1 Å². The van der Waals surface area contributed by atoms with E-state index in [1.165, 1.54) is 29.0 Å². The summed E-state index contributed by atoms with van der Waals surface area (Å²) in [7, 11) is 1.66. The van der Waals surface area contributed by atoms with Crippen molar-refractivity contribution in [3.63, 3.8) is 0 Å². The number of aromatic nitrogens is 4. The van der Waals surface area contributed by atoms with Gasteiger partial charge < -0.3 is 10.1 Å². The molecule has 1 atom stereocenters. The van der Waals surface area contributed by atoms with Crippen LogP contribution in [0.5, 0.6) is 0 Å². The Morgan fingerprint density at radius 2 is 2.00 bits per heavy atom. The first-order valence-electron chi connectivity index (χ1n) is 10.6. The summed E-state index contributed by atoms with van der Waals surface area (Å²) in [6.07, 6.45) is 3.48. The number of thiophene rings is 1. The van der Waals surface area contributed by atoms with Gasteiger partial charge in [0.25, 0.3) is 0 Å². The van der Waals surface area contributed by atoms with E-state index in [0.29, 0.717) is 12.2 Å². The minimum atomic E-state index is -0.526. The third-order valence-electron chi connectivity index (χ3n) is 5.08. The largest absolute Gasteiger partial charge is 0.462 e. The molecule has 1 unspecified atom stereocenters. The molecule has 0 aliphatic heterocycles. The van der Waals surface area contributed by atoms with E-state index in [1.54, 1.807) is 25.3 Å². The Kier molecular flexibility index (Phi) is 7.64. The zero-order chi connectivity index (χ0) is 24.2. The van der Waals surface area contributed by atoms with Crippen molar-refractivity contribution < 1.29 is 14.3 Å². The van der Waals surface area contributed by atoms with E-state index < -0.39 is 11.2 Å². The number of halogens is 1. The lowest BCUT2D eigenvalue weighted by atomic mass is 10.1. The standard InChI is InChI=1S/C23H22BrN5O3S2/c1-4-17(20(30)28-19-15(10-27-29(19)3)23(31)32-5-2)34-22-18-16(11-33-21(18)25-12-26-22)13-6-8-14(24)9-7-13/h6-12,17H,4-5H2,1-3H3,(H,28,30). The van der Waals surface area contributed by atoms with Gasteiger partial charge in [0.15, 0.2) is 0 Å². The average Bonchev–Trinajstić information content (AvgIpc) is 3.42. The fourth-order valence-electron chi connectivity index (χ4n) is 3.38. The summed E-state index contributed by atoms with van der Waals surface area (Å²) in [5, 5.41) is 10.2. The molecule has 4 aromatic rings. The predicted molar refractivity (Wildman–Crippen MR) is 138 cm³/mol. The summed E-state index contributed by atoms with van der Waals surface area (Å²) in [5.41, 5.74) is 2.30. The van der Waals surface area contributed by atoms with Crippen molar-refractivity contribution in [2.45, 2.75) is 30.5 Å². The number of aryl methyl sites for hydroxylation is 1. The molecule has 8 nitrogen and oxygen atoms in total. The number of ether oxygens (including phenoxy) is 1. The summed E-state index contributed by atoms with van der Waals surface area (Å²) >= 11 is 6.41. The molecule has 3 heterocycles. The zero-order valence-corrected chi connectivity index (χ0v) is 22.0. The Labute approximate surface area is 213 Å². The SMILES string of the molecule is CCOC(=O)c1cnn(C)c1NC(=O)C(CC)Sc1ncnc2scc(-c3ccc(Br)cc3)c12. The van der Waals surface area contributed by atoms with Gasteiger partial charge in [0.1, 0.15) is 27.6 Å². The number of anilines is 1. The molecule has 4 rings (SSSR count). The van der Waals surface area contributed by atoms with Crippen molar-refractivity contribution in [2.75, 3.05) is 11.9 Å². The van der Waals surface area contributed by atoms with Crippen LogP contribution >= 0.6 is 39.0 Å². The van der Waals surface area contributed by atoms with Gasteiger partial charge in [-0.15, -0.1) is 11.3 Å². The Bertz CT molecular complexity index is 1340. The van der Waals surface area contributed by atoms with E-state index in [-0.39, 0.29) is 18.1 Å². The fraction of sp³-hybridized carbons (Fsp3) is 0.261. The summed E-state index contributed by atoms with van der Waals surface area (Å²) in [4.78, 5) is 35.3. The number of nitrogens with one attached hydrogen (secondary N) is 1. The quantitative estimate of drug-likeness (QED) is 0.172. The second-order valence-corrected chi connectivity index (χ2v) is 10.2. The lowest BCUT2D eigenvalue weighted by molar-refractivity contribution is -0.115. The monoisotopic (exact) mass is 559 g/mol. The van der Waals surface area contributed by atoms with Crippen LogP contribution in [0.15, 0.2) is 51.7 Å². The first-order chi connectivity index (χ1) is 16.4. The lowest BCUT2D eigenvalue weighted by Gasteiger charge is -2.16. The zero-order valence-electron chi connectivity index (χ0n) is 18.7. The van der Waals surface area contributed by atoms with Crippen LogP contribution in [-0.2, 0) is 16.6 Å². The highest BCUT2D eigenvalue weighted by atomic mass is 79.9. The lowest BCUT2D eigenvalue weighted by Crippen LogP contribution is -2.27. The Morgan fingerprint density at radius 1 is 1.24 bits per heavy atom. The van der Waals surface area contributed by atoms with Gasteiger partial charge >= 0.3 is 5.97 Å². The fourth-order valence-corrected chi connectivity index (χ4v) is 5.66. The summed E-state index contributed by atoms with van der Waals surface area (Å²) in [6.45, 7) is 3.90. The van der Waals surface area contributed by atoms with Gasteiger partial charge in [-0.3, -0.25) is 9.48 Å². The van der Waals surface area contributed by atoms with E-state index in [0.717, 1.165) is 30.8 Å². The highest BCUT2D eigenvalue weighted by molar-refractivity contribution is 9.10. The first-order valence-corrected chi connectivity index (χ1v) is 13.1. The van der Waals surface area contributed by atoms with Crippen molar-refractivity contribution in [2.24, 2.45) is 7.05 Å². The van der Waals surface area contributed by atoms with E-state index in [2.05, 4.69) is 41.7 Å². The van der Waals surface area contributed by atoms with Crippen LogP contribution in [0.25, 0.3) is 21.3 Å². The molecule has 3 aromatic heterocycles. The molecule has 1 aromatic carbocycles. The van der Waals surface area contributed by atoms with Crippen LogP contribution < -0.4 is 5.32 Å². The highest BCUT2D eigenvalue weighted by Gasteiger charge is 2.25. The molecule has 0 saturated heterocycles. The van der Waals surface area contributed by atoms with Crippen LogP contribution in [0.1, 0.15) is 30.6 Å². The van der Waals surface area contributed by atoms with Crippen molar-refractivity contribution in [1.29, 1.82) is 0 Å². The van der Waals surface area contributed by atoms with E-state index in [4.69, 9.17) is 4.74 Å². The van der Waals surface area contributed by atoms with Gasteiger partial charge in [-0.2, -0.15) is 5.10 Å². The first kappa shape index (κ1) is 24.4. The number of carbonyl (C=O) groups is 2. The number of nitrogens with zero attached hydrogens (tertiary/aromatic N) is 4. The molecule has 0 aliphatic rings. The van der Waals surface area contributed by atoms with Gasteiger partial charge in [0, 0.05) is 22.5 Å². The number of amides is 1. The molecule has 1 N–H and O–H groups in total. The number of carbonyl (C=O) groups excluding carboxylic acids is 2. The molecule has 0 bridgehead atoms. The molecule has 0 spiro atoms. The van der Waals surface area contributed by atoms with Gasteiger partial charge in [-0.05, 0) is 31.0 Å². The predicted octanol–water partition coefficient (Wildman–Crippen LogP) is 5.54. The van der Waals surface area contributed by atoms with Crippen LogP contribution in [-0.4, -0.2) is 43.5 Å². The maximum absolute atomic E-state index is 13.2. The Hall–Kier alpha value is -2.76. The van der Waals surface area contributed by atoms with Crippen molar-refractivity contribution in [1.82, 2.24) is 19.7 Å².